The van der Waals surface area contributed by atoms with Crippen molar-refractivity contribution in [2.45, 2.75) is 0 Å². The van der Waals surface area contributed by atoms with Crippen LogP contribution in [0.4, 0.5) is 0 Å². The van der Waals surface area contributed by atoms with Crippen LogP contribution in [0.5, 0.6) is 0 Å². The van der Waals surface area contributed by atoms with Crippen LogP contribution in [0.1, 0.15) is 0 Å². The van der Waals surface area contributed by atoms with Crippen LogP contribution in [0.2, 0.25) is 0 Å². The molecule has 0 amide bonds. The third-order valence-electron chi connectivity index (χ3n) is 7.19. The van der Waals surface area contributed by atoms with Crippen LogP contribution in [-0.2, 0) is 0 Å². The Morgan fingerprint density at radius 2 is 1.13 bits per heavy atom. The van der Waals surface area contributed by atoms with Gasteiger partial charge in [0.1, 0.15) is 16.9 Å². The maximum Gasteiger partial charge on any atom is 0.148 e. The Morgan fingerprint density at radius 3 is 1.89 bits per heavy atom. The van der Waals surface area contributed by atoms with Crippen molar-refractivity contribution in [1.29, 1.82) is 0 Å². The Morgan fingerprint density at radius 1 is 0.526 bits per heavy atom. The number of para-hydroxylation sites is 1. The van der Waals surface area contributed by atoms with Gasteiger partial charge in [0, 0.05) is 40.0 Å². The number of hydrogen-bond acceptors (Lipinski definition) is 5. The second kappa shape index (κ2) is 8.30. The van der Waals surface area contributed by atoms with Crippen molar-refractivity contribution in [3.05, 3.63) is 116 Å². The summed E-state index contributed by atoms with van der Waals surface area (Å²) in [6.07, 6.45) is 3.61. The van der Waals surface area contributed by atoms with E-state index >= 15 is 0 Å². The molecule has 0 saturated carbocycles. The van der Waals surface area contributed by atoms with Crippen molar-refractivity contribution >= 4 is 55.3 Å². The number of pyridine rings is 1. The van der Waals surface area contributed by atoms with Crippen LogP contribution in [0, 0.1) is 0 Å². The molecule has 38 heavy (non-hydrogen) atoms. The average molecular weight is 506 g/mol. The molecule has 5 aromatic carbocycles. The summed E-state index contributed by atoms with van der Waals surface area (Å²) in [5.41, 5.74) is 7.92. The molecular formula is C32H19N5S. The fraction of sp³-hybridized carbons (Fsp3) is 0. The highest BCUT2D eigenvalue weighted by molar-refractivity contribution is 7.00. The smallest absolute Gasteiger partial charge is 0.148 e. The summed E-state index contributed by atoms with van der Waals surface area (Å²) in [6.45, 7) is 0. The second-order valence-corrected chi connectivity index (χ2v) is 9.78. The topological polar surface area (TPSA) is 56.5 Å². The van der Waals surface area contributed by atoms with Crippen molar-refractivity contribution in [2.75, 3.05) is 0 Å². The van der Waals surface area contributed by atoms with Crippen LogP contribution in [0.25, 0.3) is 71.8 Å². The maximum absolute atomic E-state index is 5.36. The van der Waals surface area contributed by atoms with Gasteiger partial charge in [-0.2, -0.15) is 8.75 Å². The minimum Gasteiger partial charge on any atom is -0.292 e. The van der Waals surface area contributed by atoms with E-state index in [1.807, 2.05) is 18.2 Å². The van der Waals surface area contributed by atoms with E-state index in [1.165, 1.54) is 27.9 Å². The molecule has 0 spiro atoms. The van der Waals surface area contributed by atoms with E-state index in [9.17, 15) is 0 Å². The maximum atomic E-state index is 5.36. The fourth-order valence-electron chi connectivity index (χ4n) is 5.53. The predicted molar refractivity (Wildman–Crippen MR) is 156 cm³/mol. The van der Waals surface area contributed by atoms with E-state index < -0.39 is 0 Å². The molecule has 0 bridgehead atoms. The molecule has 0 aliphatic carbocycles. The predicted octanol–water partition coefficient (Wildman–Crippen LogP) is 8.07. The minimum absolute atomic E-state index is 0.852. The molecular weight excluding hydrogens is 486 g/mol. The zero-order valence-corrected chi connectivity index (χ0v) is 20.9. The molecule has 0 atom stereocenters. The van der Waals surface area contributed by atoms with Crippen LogP contribution in [-0.4, -0.2) is 23.3 Å². The van der Waals surface area contributed by atoms with E-state index in [-0.39, 0.29) is 0 Å². The number of benzene rings is 5. The van der Waals surface area contributed by atoms with E-state index in [0.717, 1.165) is 55.7 Å². The Bertz CT molecular complexity index is 2130. The van der Waals surface area contributed by atoms with E-state index in [4.69, 9.17) is 13.7 Å². The summed E-state index contributed by atoms with van der Waals surface area (Å²) in [6, 6.07) is 35.9. The van der Waals surface area contributed by atoms with Gasteiger partial charge < -0.3 is 0 Å². The summed E-state index contributed by atoms with van der Waals surface area (Å²) >= 11 is 1.23. The van der Waals surface area contributed by atoms with Gasteiger partial charge in [0.15, 0.2) is 0 Å². The van der Waals surface area contributed by atoms with Crippen molar-refractivity contribution in [1.82, 2.24) is 23.3 Å². The third kappa shape index (κ3) is 3.04. The molecule has 0 aliphatic heterocycles. The highest BCUT2D eigenvalue weighted by Gasteiger charge is 2.23. The van der Waals surface area contributed by atoms with Gasteiger partial charge in [0.25, 0.3) is 0 Å². The molecule has 5 nitrogen and oxygen atoms in total. The zero-order valence-electron chi connectivity index (χ0n) is 20.1. The molecule has 8 aromatic rings. The molecule has 8 rings (SSSR count). The summed E-state index contributed by atoms with van der Waals surface area (Å²) < 4.78 is 11.8. The first-order valence-electron chi connectivity index (χ1n) is 12.4. The molecule has 0 unspecified atom stereocenters. The molecule has 0 N–H and O–H groups in total. The van der Waals surface area contributed by atoms with Crippen molar-refractivity contribution in [2.24, 2.45) is 0 Å². The van der Waals surface area contributed by atoms with E-state index in [0.29, 0.717) is 0 Å². The van der Waals surface area contributed by atoms with Crippen LogP contribution in [0.15, 0.2) is 116 Å². The van der Waals surface area contributed by atoms with Gasteiger partial charge in [-0.05, 0) is 46.7 Å². The van der Waals surface area contributed by atoms with Gasteiger partial charge >= 0.3 is 0 Å². The number of nitrogens with zero attached hydrogens (tertiary/aromatic N) is 5. The van der Waals surface area contributed by atoms with Crippen molar-refractivity contribution < 1.29 is 0 Å². The Labute approximate surface area is 222 Å². The summed E-state index contributed by atoms with van der Waals surface area (Å²) in [5.74, 6) is 0.853. The number of imidazole rings is 1. The van der Waals surface area contributed by atoms with Crippen LogP contribution < -0.4 is 0 Å². The lowest BCUT2D eigenvalue weighted by Crippen LogP contribution is -1.99. The minimum atomic E-state index is 0.852. The van der Waals surface area contributed by atoms with E-state index in [1.54, 1.807) is 12.4 Å². The van der Waals surface area contributed by atoms with Gasteiger partial charge in [-0.1, -0.05) is 72.8 Å². The lowest BCUT2D eigenvalue weighted by Gasteiger charge is -2.13. The Kier molecular flexibility index (Phi) is 4.62. The first-order valence-corrected chi connectivity index (χ1v) is 13.1. The summed E-state index contributed by atoms with van der Waals surface area (Å²) in [4.78, 5) is 9.54. The fourth-order valence-corrected chi connectivity index (χ4v) is 6.10. The molecule has 3 aromatic heterocycles. The first-order chi connectivity index (χ1) is 18.9. The molecule has 0 fully saturated rings. The number of fused-ring (bicyclic) bond motifs is 7. The Balaban J connectivity index is 1.54. The highest BCUT2D eigenvalue weighted by atomic mass is 32.1. The average Bonchev–Trinajstić information content (AvgIpc) is 3.64. The van der Waals surface area contributed by atoms with E-state index in [2.05, 4.69) is 94.5 Å². The quantitative estimate of drug-likeness (QED) is 0.228. The van der Waals surface area contributed by atoms with Gasteiger partial charge in [-0.25, -0.2) is 4.98 Å². The molecule has 0 aliphatic rings. The first kappa shape index (κ1) is 21.2. The Hall–Kier alpha value is -4.94. The molecule has 6 heteroatoms. The largest absolute Gasteiger partial charge is 0.292 e. The van der Waals surface area contributed by atoms with Gasteiger partial charge in [-0.3, -0.25) is 9.55 Å². The lowest BCUT2D eigenvalue weighted by molar-refractivity contribution is 1.11. The molecule has 0 radical (unpaired) electrons. The van der Waals surface area contributed by atoms with Gasteiger partial charge in [-0.15, -0.1) is 0 Å². The third-order valence-corrected chi connectivity index (χ3v) is 7.72. The van der Waals surface area contributed by atoms with Crippen molar-refractivity contribution in [3.8, 4) is 28.2 Å². The molecule has 178 valence electrons. The normalized spacial score (nSPS) is 11.7. The monoisotopic (exact) mass is 505 g/mol. The molecule has 0 saturated heterocycles. The zero-order chi connectivity index (χ0) is 25.1. The highest BCUT2D eigenvalue weighted by Crippen LogP contribution is 2.41. The van der Waals surface area contributed by atoms with Crippen LogP contribution in [0.3, 0.4) is 0 Å². The molecule has 3 heterocycles. The number of aromatic nitrogens is 5. The SMILES string of the molecule is c1ccc(-n2c(-c3ccc(-c4ccncc4)c4nsnc34)nc3c4ccccc4c4ccccc4c32)cc1. The standard InChI is InChI=1S/C32H19N5S/c1-2-8-21(9-3-1)37-31-26-13-7-5-11-24(26)23-10-4-6-12-25(23)30(31)34-32(37)27-15-14-22(20-16-18-33-19-17-20)28-29(27)36-38-35-28/h1-19H. The summed E-state index contributed by atoms with van der Waals surface area (Å²) in [5, 5.41) is 4.73. The summed E-state index contributed by atoms with van der Waals surface area (Å²) in [7, 11) is 0. The van der Waals surface area contributed by atoms with Gasteiger partial charge in [0.2, 0.25) is 0 Å². The number of rotatable bonds is 3. The van der Waals surface area contributed by atoms with Crippen LogP contribution >= 0.6 is 11.7 Å². The lowest BCUT2D eigenvalue weighted by atomic mass is 10.00. The second-order valence-electron chi connectivity index (χ2n) is 9.25. The van der Waals surface area contributed by atoms with Crippen molar-refractivity contribution in [3.63, 3.8) is 0 Å². The number of hydrogen-bond donors (Lipinski definition) is 0. The van der Waals surface area contributed by atoms with Gasteiger partial charge in [0.05, 0.1) is 22.8 Å².